The number of benzene rings is 2. The topological polar surface area (TPSA) is 70.8 Å². The number of carbonyl (C=O) groups is 2. The van der Waals surface area contributed by atoms with Crippen LogP contribution in [0.5, 0.6) is 0 Å². The first-order valence-corrected chi connectivity index (χ1v) is 9.55. The van der Waals surface area contributed by atoms with Gasteiger partial charge in [0.1, 0.15) is 23.4 Å². The van der Waals surface area contributed by atoms with Crippen molar-refractivity contribution in [1.82, 2.24) is 0 Å². The highest BCUT2D eigenvalue weighted by Gasteiger charge is 2.48. The van der Waals surface area contributed by atoms with E-state index in [9.17, 15) is 19.1 Å². The van der Waals surface area contributed by atoms with E-state index in [4.69, 9.17) is 16.0 Å². The van der Waals surface area contributed by atoms with Crippen LogP contribution in [-0.4, -0.2) is 16.8 Å². The molecule has 1 aromatic heterocycles. The first-order chi connectivity index (χ1) is 14.3. The fourth-order valence-electron chi connectivity index (χ4n) is 3.60. The minimum Gasteiger partial charge on any atom is -0.507 e. The first-order valence-electron chi connectivity index (χ1n) is 9.17. The Hall–Kier alpha value is -3.38. The van der Waals surface area contributed by atoms with E-state index in [0.717, 1.165) is 0 Å². The molecule has 1 amide bonds. The molecular weight excluding hydrogens is 409 g/mol. The summed E-state index contributed by atoms with van der Waals surface area (Å²) in [6.07, 6.45) is 1.42. The molecule has 1 aliphatic heterocycles. The molecule has 4 rings (SSSR count). The van der Waals surface area contributed by atoms with Gasteiger partial charge < -0.3 is 9.52 Å². The molecule has 30 heavy (non-hydrogen) atoms. The van der Waals surface area contributed by atoms with Crippen LogP contribution in [-0.2, 0) is 9.59 Å². The summed E-state index contributed by atoms with van der Waals surface area (Å²) >= 11 is 6.23. The first kappa shape index (κ1) is 19.9. The van der Waals surface area contributed by atoms with E-state index in [1.165, 1.54) is 29.4 Å². The summed E-state index contributed by atoms with van der Waals surface area (Å²) < 4.78 is 19.2. The number of hydrogen-bond acceptors (Lipinski definition) is 4. The van der Waals surface area contributed by atoms with Gasteiger partial charge in [-0.05, 0) is 67.4 Å². The second-order valence-electron chi connectivity index (χ2n) is 7.03. The third-order valence-electron chi connectivity index (χ3n) is 5.19. The number of carbonyl (C=O) groups excluding carboxylic acids is 2. The predicted molar refractivity (Wildman–Crippen MR) is 111 cm³/mol. The van der Waals surface area contributed by atoms with Gasteiger partial charge >= 0.3 is 0 Å². The van der Waals surface area contributed by atoms with Gasteiger partial charge in [-0.2, -0.15) is 0 Å². The molecule has 1 unspecified atom stereocenters. The molecule has 1 N–H and O–H groups in total. The number of amides is 1. The lowest BCUT2D eigenvalue weighted by Crippen LogP contribution is -2.30. The fraction of sp³-hybridized carbons (Fsp3) is 0.130. The summed E-state index contributed by atoms with van der Waals surface area (Å²) in [6.45, 7) is 3.28. The summed E-state index contributed by atoms with van der Waals surface area (Å²) in [5, 5.41) is 11.4. The minimum atomic E-state index is -0.998. The zero-order valence-corrected chi connectivity index (χ0v) is 16.9. The second-order valence-corrected chi connectivity index (χ2v) is 7.44. The monoisotopic (exact) mass is 425 g/mol. The summed E-state index contributed by atoms with van der Waals surface area (Å²) in [4.78, 5) is 27.3. The maximum Gasteiger partial charge on any atom is 0.300 e. The fourth-order valence-corrected chi connectivity index (χ4v) is 3.77. The zero-order valence-electron chi connectivity index (χ0n) is 16.1. The quantitative estimate of drug-likeness (QED) is 0.350. The van der Waals surface area contributed by atoms with Crippen molar-refractivity contribution in [2.75, 3.05) is 4.90 Å². The van der Waals surface area contributed by atoms with Crippen LogP contribution in [0.1, 0.15) is 28.5 Å². The van der Waals surface area contributed by atoms with Gasteiger partial charge in [0.2, 0.25) is 0 Å². The highest BCUT2D eigenvalue weighted by molar-refractivity contribution is 6.52. The average Bonchev–Trinajstić information content (AvgIpc) is 3.33. The van der Waals surface area contributed by atoms with Crippen LogP contribution in [0, 0.1) is 19.7 Å². The third kappa shape index (κ3) is 3.09. The van der Waals surface area contributed by atoms with Crippen molar-refractivity contribution in [3.05, 3.63) is 93.7 Å². The lowest BCUT2D eigenvalue weighted by Gasteiger charge is -2.25. The molecule has 1 saturated heterocycles. The molecule has 5 nitrogen and oxygen atoms in total. The van der Waals surface area contributed by atoms with Crippen LogP contribution in [0.4, 0.5) is 10.1 Å². The molecule has 1 fully saturated rings. The van der Waals surface area contributed by atoms with Crippen LogP contribution in [0.3, 0.4) is 0 Å². The van der Waals surface area contributed by atoms with Gasteiger partial charge in [0.15, 0.2) is 0 Å². The SMILES string of the molecule is Cc1cc(/C(O)=C2/C(=O)C(=O)N(c3cccc(Cl)c3C)C2c2ccco2)ccc1F. The standard InChI is InChI=1S/C23H17ClFNO4/c1-12-11-14(8-9-16(12)25)21(27)19-20(18-7-4-10-30-18)26(23(29)22(19)28)17-6-3-5-15(24)13(17)2/h3-11,20,27H,1-2H3/b21-19-. The molecule has 2 aromatic carbocycles. The maximum absolute atomic E-state index is 13.7. The Kier molecular flexibility index (Phi) is 4.95. The van der Waals surface area contributed by atoms with E-state index < -0.39 is 29.3 Å². The number of ketones is 1. The number of hydrogen-bond donors (Lipinski definition) is 1. The van der Waals surface area contributed by atoms with Gasteiger partial charge in [0, 0.05) is 16.3 Å². The highest BCUT2D eigenvalue weighted by Crippen LogP contribution is 2.44. The normalized spacial score (nSPS) is 18.3. The van der Waals surface area contributed by atoms with Gasteiger partial charge in [0.05, 0.1) is 11.8 Å². The van der Waals surface area contributed by atoms with E-state index in [0.29, 0.717) is 27.6 Å². The Balaban J connectivity index is 1.96. The molecule has 0 radical (unpaired) electrons. The van der Waals surface area contributed by atoms with Gasteiger partial charge in [0.25, 0.3) is 11.7 Å². The smallest absolute Gasteiger partial charge is 0.300 e. The van der Waals surface area contributed by atoms with Crippen molar-refractivity contribution in [3.8, 4) is 0 Å². The second kappa shape index (κ2) is 7.46. The molecule has 3 aromatic rings. The number of Topliss-reactive ketones (excluding diaryl/α,β-unsaturated/α-hetero) is 1. The molecule has 1 aliphatic rings. The van der Waals surface area contributed by atoms with Crippen LogP contribution in [0.2, 0.25) is 5.02 Å². The Morgan fingerprint density at radius 2 is 1.90 bits per heavy atom. The van der Waals surface area contributed by atoms with Crippen molar-refractivity contribution in [1.29, 1.82) is 0 Å². The number of furan rings is 1. The number of halogens is 2. The van der Waals surface area contributed by atoms with E-state index in [2.05, 4.69) is 0 Å². The summed E-state index contributed by atoms with van der Waals surface area (Å²) in [6, 6.07) is 11.2. The summed E-state index contributed by atoms with van der Waals surface area (Å²) in [5.41, 5.74) is 1.43. The number of nitrogens with zero attached hydrogens (tertiary/aromatic N) is 1. The minimum absolute atomic E-state index is 0.139. The van der Waals surface area contributed by atoms with Gasteiger partial charge in [-0.25, -0.2) is 4.39 Å². The van der Waals surface area contributed by atoms with E-state index in [1.54, 1.807) is 44.2 Å². The van der Waals surface area contributed by atoms with Crippen LogP contribution >= 0.6 is 11.6 Å². The highest BCUT2D eigenvalue weighted by atomic mass is 35.5. The predicted octanol–water partition coefficient (Wildman–Crippen LogP) is 5.32. The van der Waals surface area contributed by atoms with Crippen molar-refractivity contribution >= 4 is 34.7 Å². The number of anilines is 1. The molecular formula is C23H17ClFNO4. The number of aliphatic hydroxyl groups is 1. The van der Waals surface area contributed by atoms with E-state index >= 15 is 0 Å². The molecule has 0 spiro atoms. The number of aryl methyl sites for hydroxylation is 1. The average molecular weight is 426 g/mol. The molecule has 152 valence electrons. The molecule has 0 saturated carbocycles. The van der Waals surface area contributed by atoms with Crippen molar-refractivity contribution in [3.63, 3.8) is 0 Å². The molecule has 7 heteroatoms. The van der Waals surface area contributed by atoms with Gasteiger partial charge in [-0.1, -0.05) is 17.7 Å². The molecule has 1 atom stereocenters. The molecule has 0 aliphatic carbocycles. The van der Waals surface area contributed by atoms with E-state index in [1.807, 2.05) is 0 Å². The summed E-state index contributed by atoms with van der Waals surface area (Å²) in [5.74, 6) is -2.23. The van der Waals surface area contributed by atoms with Gasteiger partial charge in [-0.15, -0.1) is 0 Å². The van der Waals surface area contributed by atoms with Gasteiger partial charge in [-0.3, -0.25) is 14.5 Å². The van der Waals surface area contributed by atoms with Crippen molar-refractivity contribution in [2.45, 2.75) is 19.9 Å². The lowest BCUT2D eigenvalue weighted by molar-refractivity contribution is -0.132. The Morgan fingerprint density at radius 1 is 1.13 bits per heavy atom. The van der Waals surface area contributed by atoms with Crippen LogP contribution < -0.4 is 4.90 Å². The Bertz CT molecular complexity index is 1200. The zero-order chi connectivity index (χ0) is 21.6. The van der Waals surface area contributed by atoms with E-state index in [-0.39, 0.29) is 11.1 Å². The van der Waals surface area contributed by atoms with Crippen molar-refractivity contribution < 1.29 is 23.5 Å². The summed E-state index contributed by atoms with van der Waals surface area (Å²) in [7, 11) is 0. The maximum atomic E-state index is 13.7. The number of rotatable bonds is 3. The number of aliphatic hydroxyl groups excluding tert-OH is 1. The molecule has 2 heterocycles. The van der Waals surface area contributed by atoms with Crippen molar-refractivity contribution in [2.24, 2.45) is 0 Å². The largest absolute Gasteiger partial charge is 0.507 e. The Morgan fingerprint density at radius 3 is 2.57 bits per heavy atom. The van der Waals surface area contributed by atoms with Crippen LogP contribution in [0.15, 0.2) is 64.8 Å². The third-order valence-corrected chi connectivity index (χ3v) is 5.60. The molecule has 0 bridgehead atoms. The van der Waals surface area contributed by atoms with Crippen LogP contribution in [0.25, 0.3) is 5.76 Å². The Labute approximate surface area is 177 Å². The lowest BCUT2D eigenvalue weighted by atomic mass is 9.98.